The second-order valence-electron chi connectivity index (χ2n) is 3.70. The van der Waals surface area contributed by atoms with Gasteiger partial charge in [0.2, 0.25) is 0 Å². The molecule has 0 unspecified atom stereocenters. The third kappa shape index (κ3) is 4.28. The van der Waals surface area contributed by atoms with Gasteiger partial charge >= 0.3 is 0 Å². The minimum absolute atomic E-state index is 0.680. The molecule has 82 valence electrons. The maximum atomic E-state index is 5.06. The number of rotatable bonds is 5. The SMILES string of the molecule is CNCC(C)=Cc1ccc(COC)cc1. The molecule has 0 amide bonds. The molecule has 0 aliphatic rings. The van der Waals surface area contributed by atoms with Crippen LogP contribution in [0.4, 0.5) is 0 Å². The minimum Gasteiger partial charge on any atom is -0.380 e. The molecule has 0 saturated carbocycles. The zero-order chi connectivity index (χ0) is 11.1. The van der Waals surface area contributed by atoms with Crippen LogP contribution >= 0.6 is 0 Å². The fourth-order valence-electron chi connectivity index (χ4n) is 1.49. The van der Waals surface area contributed by atoms with Crippen molar-refractivity contribution in [2.45, 2.75) is 13.5 Å². The first-order valence-corrected chi connectivity index (χ1v) is 5.16. The number of ether oxygens (including phenoxy) is 1. The Morgan fingerprint density at radius 2 is 2.00 bits per heavy atom. The Hall–Kier alpha value is -1.12. The molecule has 0 saturated heterocycles. The normalized spacial score (nSPS) is 11.8. The molecule has 0 spiro atoms. The Morgan fingerprint density at radius 3 is 2.53 bits per heavy atom. The first-order valence-electron chi connectivity index (χ1n) is 5.16. The van der Waals surface area contributed by atoms with Crippen LogP contribution in [-0.2, 0) is 11.3 Å². The van der Waals surface area contributed by atoms with Gasteiger partial charge in [0, 0.05) is 13.7 Å². The Bertz CT molecular complexity index is 314. The highest BCUT2D eigenvalue weighted by molar-refractivity contribution is 5.53. The van der Waals surface area contributed by atoms with Crippen LogP contribution in [0.1, 0.15) is 18.1 Å². The van der Waals surface area contributed by atoms with Gasteiger partial charge in [-0.25, -0.2) is 0 Å². The van der Waals surface area contributed by atoms with E-state index >= 15 is 0 Å². The molecule has 0 aromatic heterocycles. The highest BCUT2D eigenvalue weighted by Gasteiger charge is 1.93. The molecule has 0 atom stereocenters. The molecule has 15 heavy (non-hydrogen) atoms. The number of benzene rings is 1. The van der Waals surface area contributed by atoms with Crippen molar-refractivity contribution in [1.82, 2.24) is 5.32 Å². The van der Waals surface area contributed by atoms with Gasteiger partial charge in [-0.1, -0.05) is 35.9 Å². The highest BCUT2D eigenvalue weighted by atomic mass is 16.5. The lowest BCUT2D eigenvalue weighted by atomic mass is 10.1. The summed E-state index contributed by atoms with van der Waals surface area (Å²) >= 11 is 0. The number of hydrogen-bond acceptors (Lipinski definition) is 2. The van der Waals surface area contributed by atoms with Crippen molar-refractivity contribution < 1.29 is 4.74 Å². The average molecular weight is 205 g/mol. The molecule has 1 rings (SSSR count). The molecule has 0 aliphatic heterocycles. The molecule has 0 bridgehead atoms. The maximum Gasteiger partial charge on any atom is 0.0713 e. The molecular formula is C13H19NO. The van der Waals surface area contributed by atoms with Crippen LogP contribution in [-0.4, -0.2) is 20.7 Å². The van der Waals surface area contributed by atoms with Crippen molar-refractivity contribution in [3.8, 4) is 0 Å². The van der Waals surface area contributed by atoms with Gasteiger partial charge in [-0.05, 0) is 25.1 Å². The topological polar surface area (TPSA) is 21.3 Å². The van der Waals surface area contributed by atoms with E-state index in [1.165, 1.54) is 16.7 Å². The molecular weight excluding hydrogens is 186 g/mol. The summed E-state index contributed by atoms with van der Waals surface area (Å²) in [7, 11) is 3.67. The lowest BCUT2D eigenvalue weighted by Gasteiger charge is -2.02. The van der Waals surface area contributed by atoms with Crippen molar-refractivity contribution in [3.63, 3.8) is 0 Å². The quantitative estimate of drug-likeness (QED) is 0.797. The van der Waals surface area contributed by atoms with Crippen molar-refractivity contribution in [3.05, 3.63) is 41.0 Å². The minimum atomic E-state index is 0.680. The van der Waals surface area contributed by atoms with E-state index in [-0.39, 0.29) is 0 Å². The molecule has 2 nitrogen and oxygen atoms in total. The van der Waals surface area contributed by atoms with Gasteiger partial charge in [-0.3, -0.25) is 0 Å². The van der Waals surface area contributed by atoms with E-state index in [0.717, 1.165) is 6.54 Å². The third-order valence-electron chi connectivity index (χ3n) is 2.16. The fraction of sp³-hybridized carbons (Fsp3) is 0.385. The van der Waals surface area contributed by atoms with Crippen molar-refractivity contribution >= 4 is 6.08 Å². The lowest BCUT2D eigenvalue weighted by molar-refractivity contribution is 0.185. The van der Waals surface area contributed by atoms with Crippen LogP contribution in [0, 0.1) is 0 Å². The second kappa shape index (κ2) is 6.38. The Kier molecular flexibility index (Phi) is 5.08. The van der Waals surface area contributed by atoms with Gasteiger partial charge in [-0.15, -0.1) is 0 Å². The maximum absolute atomic E-state index is 5.06. The molecule has 1 aromatic carbocycles. The summed E-state index contributed by atoms with van der Waals surface area (Å²) < 4.78 is 5.06. The second-order valence-corrected chi connectivity index (χ2v) is 3.70. The standard InChI is InChI=1S/C13H19NO/c1-11(9-14-2)8-12-4-6-13(7-5-12)10-15-3/h4-8,14H,9-10H2,1-3H3. The van der Waals surface area contributed by atoms with Gasteiger partial charge in [0.15, 0.2) is 0 Å². The molecule has 1 N–H and O–H groups in total. The van der Waals surface area contributed by atoms with Crippen molar-refractivity contribution in [2.75, 3.05) is 20.7 Å². The van der Waals surface area contributed by atoms with Crippen LogP contribution < -0.4 is 5.32 Å². The van der Waals surface area contributed by atoms with E-state index in [1.807, 2.05) is 7.05 Å². The van der Waals surface area contributed by atoms with E-state index in [2.05, 4.69) is 42.6 Å². The van der Waals surface area contributed by atoms with Crippen LogP contribution in [0.3, 0.4) is 0 Å². The fourth-order valence-corrected chi connectivity index (χ4v) is 1.49. The van der Waals surface area contributed by atoms with Gasteiger partial charge in [0.05, 0.1) is 6.61 Å². The third-order valence-corrected chi connectivity index (χ3v) is 2.16. The summed E-state index contributed by atoms with van der Waals surface area (Å²) in [6, 6.07) is 8.44. The summed E-state index contributed by atoms with van der Waals surface area (Å²) in [5.74, 6) is 0. The van der Waals surface area contributed by atoms with Crippen LogP contribution in [0.5, 0.6) is 0 Å². The number of nitrogens with one attached hydrogen (secondary N) is 1. The number of likely N-dealkylation sites (N-methyl/N-ethyl adjacent to an activating group) is 1. The average Bonchev–Trinajstić information content (AvgIpc) is 2.22. The summed E-state index contributed by atoms with van der Waals surface area (Å²) in [6.45, 7) is 3.73. The van der Waals surface area contributed by atoms with E-state index < -0.39 is 0 Å². The summed E-state index contributed by atoms with van der Waals surface area (Å²) in [5, 5.41) is 3.13. The molecule has 0 aliphatic carbocycles. The molecule has 0 heterocycles. The number of hydrogen-bond donors (Lipinski definition) is 1. The Balaban J connectivity index is 2.67. The molecule has 0 radical (unpaired) electrons. The van der Waals surface area contributed by atoms with Crippen LogP contribution in [0.15, 0.2) is 29.8 Å². The first kappa shape index (κ1) is 12.0. The molecule has 1 aromatic rings. The smallest absolute Gasteiger partial charge is 0.0713 e. The predicted molar refractivity (Wildman–Crippen MR) is 64.7 cm³/mol. The zero-order valence-electron chi connectivity index (χ0n) is 9.71. The van der Waals surface area contributed by atoms with E-state index in [9.17, 15) is 0 Å². The first-order chi connectivity index (χ1) is 7.26. The molecule has 0 fully saturated rings. The highest BCUT2D eigenvalue weighted by Crippen LogP contribution is 2.09. The van der Waals surface area contributed by atoms with E-state index in [0.29, 0.717) is 6.61 Å². The van der Waals surface area contributed by atoms with Crippen LogP contribution in [0.2, 0.25) is 0 Å². The van der Waals surface area contributed by atoms with E-state index in [1.54, 1.807) is 7.11 Å². The van der Waals surface area contributed by atoms with Gasteiger partial charge < -0.3 is 10.1 Å². The monoisotopic (exact) mass is 205 g/mol. The van der Waals surface area contributed by atoms with Gasteiger partial charge in [0.1, 0.15) is 0 Å². The number of methoxy groups -OCH3 is 1. The zero-order valence-corrected chi connectivity index (χ0v) is 9.71. The van der Waals surface area contributed by atoms with Gasteiger partial charge in [0.25, 0.3) is 0 Å². The Morgan fingerprint density at radius 1 is 1.33 bits per heavy atom. The molecule has 2 heteroatoms. The summed E-state index contributed by atoms with van der Waals surface area (Å²) in [4.78, 5) is 0. The summed E-state index contributed by atoms with van der Waals surface area (Å²) in [6.07, 6.45) is 2.19. The van der Waals surface area contributed by atoms with Crippen molar-refractivity contribution in [1.29, 1.82) is 0 Å². The lowest BCUT2D eigenvalue weighted by Crippen LogP contribution is -2.08. The van der Waals surface area contributed by atoms with Gasteiger partial charge in [-0.2, -0.15) is 0 Å². The van der Waals surface area contributed by atoms with Crippen LogP contribution in [0.25, 0.3) is 6.08 Å². The Labute approximate surface area is 92.0 Å². The summed E-state index contributed by atoms with van der Waals surface area (Å²) in [5.41, 5.74) is 3.78. The predicted octanol–water partition coefficient (Wildman–Crippen LogP) is 2.46. The largest absolute Gasteiger partial charge is 0.380 e. The van der Waals surface area contributed by atoms with Crippen molar-refractivity contribution in [2.24, 2.45) is 0 Å². The van der Waals surface area contributed by atoms with E-state index in [4.69, 9.17) is 4.74 Å².